The van der Waals surface area contributed by atoms with Gasteiger partial charge in [-0.3, -0.25) is 0 Å². The van der Waals surface area contributed by atoms with Crippen LogP contribution in [0.2, 0.25) is 0 Å². The van der Waals surface area contributed by atoms with Gasteiger partial charge in [0.15, 0.2) is 5.79 Å². The predicted molar refractivity (Wildman–Crippen MR) is 64.1 cm³/mol. The Morgan fingerprint density at radius 3 is 2.38 bits per heavy atom. The first-order chi connectivity index (χ1) is 7.73. The summed E-state index contributed by atoms with van der Waals surface area (Å²) < 4.78 is 11.6. The topological polar surface area (TPSA) is 18.5 Å². The molecule has 0 aliphatic carbocycles. The lowest BCUT2D eigenvalue weighted by atomic mass is 10.0. The zero-order valence-electron chi connectivity index (χ0n) is 9.90. The average Bonchev–Trinajstić information content (AvgIpc) is 2.78. The smallest absolute Gasteiger partial charge is 0.198 e. The van der Waals surface area contributed by atoms with Gasteiger partial charge < -0.3 is 9.47 Å². The van der Waals surface area contributed by atoms with Crippen molar-refractivity contribution in [1.29, 1.82) is 0 Å². The highest BCUT2D eigenvalue weighted by Gasteiger charge is 2.37. The maximum atomic E-state index is 5.81. The van der Waals surface area contributed by atoms with Crippen LogP contribution in [0.15, 0.2) is 42.0 Å². The van der Waals surface area contributed by atoms with Gasteiger partial charge in [-0.1, -0.05) is 42.0 Å². The molecule has 16 heavy (non-hydrogen) atoms. The Kier molecular flexibility index (Phi) is 3.42. The summed E-state index contributed by atoms with van der Waals surface area (Å²) in [5, 5.41) is 0. The molecule has 1 aliphatic rings. The Labute approximate surface area is 96.9 Å². The van der Waals surface area contributed by atoms with E-state index in [1.54, 1.807) is 0 Å². The molecule has 2 heteroatoms. The molecule has 0 amide bonds. The molecule has 1 fully saturated rings. The lowest BCUT2D eigenvalue weighted by Crippen LogP contribution is -2.26. The van der Waals surface area contributed by atoms with E-state index in [1.165, 1.54) is 5.57 Å². The molecule has 2 nitrogen and oxygen atoms in total. The summed E-state index contributed by atoms with van der Waals surface area (Å²) in [7, 11) is 0. The molecule has 1 aromatic carbocycles. The van der Waals surface area contributed by atoms with Crippen LogP contribution in [0.4, 0.5) is 0 Å². The highest BCUT2D eigenvalue weighted by molar-refractivity contribution is 5.22. The van der Waals surface area contributed by atoms with Gasteiger partial charge in [0.05, 0.1) is 13.2 Å². The van der Waals surface area contributed by atoms with Gasteiger partial charge in [-0.2, -0.15) is 0 Å². The summed E-state index contributed by atoms with van der Waals surface area (Å²) in [6.45, 7) is 5.53. The standard InChI is InChI=1S/C14H18O2/c1-12(2)8-9-14(15-10-11-16-14)13-6-4-3-5-7-13/h3-8H,9-11H2,1-2H3. The molecular weight excluding hydrogens is 200 g/mol. The molecule has 2 rings (SSSR count). The first-order valence-corrected chi connectivity index (χ1v) is 5.70. The van der Waals surface area contributed by atoms with Gasteiger partial charge in [-0.25, -0.2) is 0 Å². The third-order valence-corrected chi connectivity index (χ3v) is 2.75. The van der Waals surface area contributed by atoms with E-state index < -0.39 is 5.79 Å². The van der Waals surface area contributed by atoms with Crippen LogP contribution in [-0.2, 0) is 15.3 Å². The second-order valence-electron chi connectivity index (χ2n) is 4.30. The number of ether oxygens (including phenoxy) is 2. The number of rotatable bonds is 3. The lowest BCUT2D eigenvalue weighted by Gasteiger charge is -2.26. The zero-order valence-corrected chi connectivity index (χ0v) is 9.90. The fourth-order valence-corrected chi connectivity index (χ4v) is 1.89. The Balaban J connectivity index is 2.26. The van der Waals surface area contributed by atoms with Crippen molar-refractivity contribution in [2.24, 2.45) is 0 Å². The van der Waals surface area contributed by atoms with Crippen molar-refractivity contribution in [2.45, 2.75) is 26.1 Å². The molecule has 1 aromatic rings. The van der Waals surface area contributed by atoms with Crippen molar-refractivity contribution in [3.63, 3.8) is 0 Å². The van der Waals surface area contributed by atoms with Gasteiger partial charge in [-0.15, -0.1) is 0 Å². The Morgan fingerprint density at radius 2 is 1.81 bits per heavy atom. The summed E-state index contributed by atoms with van der Waals surface area (Å²) in [5.41, 5.74) is 2.39. The molecule has 86 valence electrons. The summed E-state index contributed by atoms with van der Waals surface area (Å²) in [6.07, 6.45) is 2.94. The monoisotopic (exact) mass is 218 g/mol. The van der Waals surface area contributed by atoms with Crippen LogP contribution in [0, 0.1) is 0 Å². The molecule has 0 radical (unpaired) electrons. The van der Waals surface area contributed by atoms with Crippen LogP contribution in [0.1, 0.15) is 25.8 Å². The third kappa shape index (κ3) is 2.34. The summed E-state index contributed by atoms with van der Waals surface area (Å²) in [6, 6.07) is 10.2. The van der Waals surface area contributed by atoms with Gasteiger partial charge in [-0.05, 0) is 13.8 Å². The van der Waals surface area contributed by atoms with Crippen LogP contribution >= 0.6 is 0 Å². The van der Waals surface area contributed by atoms with Gasteiger partial charge in [0.25, 0.3) is 0 Å². The maximum absolute atomic E-state index is 5.81. The fourth-order valence-electron chi connectivity index (χ4n) is 1.89. The average molecular weight is 218 g/mol. The van der Waals surface area contributed by atoms with Crippen molar-refractivity contribution < 1.29 is 9.47 Å². The van der Waals surface area contributed by atoms with Crippen LogP contribution in [0.5, 0.6) is 0 Å². The third-order valence-electron chi connectivity index (χ3n) is 2.75. The second-order valence-corrected chi connectivity index (χ2v) is 4.30. The molecule has 0 atom stereocenters. The van der Waals surface area contributed by atoms with Crippen LogP contribution < -0.4 is 0 Å². The Hall–Kier alpha value is -1.12. The van der Waals surface area contributed by atoms with Gasteiger partial charge in [0.1, 0.15) is 0 Å². The highest BCUT2D eigenvalue weighted by Crippen LogP contribution is 2.35. The first kappa shape index (κ1) is 11.4. The number of benzene rings is 1. The van der Waals surface area contributed by atoms with Crippen molar-refractivity contribution in [3.8, 4) is 0 Å². The van der Waals surface area contributed by atoms with E-state index in [4.69, 9.17) is 9.47 Å². The van der Waals surface area contributed by atoms with Crippen LogP contribution in [0.25, 0.3) is 0 Å². The SMILES string of the molecule is CC(C)=CCC1(c2ccccc2)OCCO1. The predicted octanol–water partition coefficient (Wildman–Crippen LogP) is 3.24. The largest absolute Gasteiger partial charge is 0.343 e. The zero-order chi connectivity index (χ0) is 11.4. The molecule has 0 unspecified atom stereocenters. The van der Waals surface area contributed by atoms with E-state index in [0.717, 1.165) is 12.0 Å². The lowest BCUT2D eigenvalue weighted by molar-refractivity contribution is -0.162. The van der Waals surface area contributed by atoms with Crippen LogP contribution in [0.3, 0.4) is 0 Å². The molecule has 1 saturated heterocycles. The molecule has 0 N–H and O–H groups in total. The van der Waals surface area contributed by atoms with Gasteiger partial charge in [0.2, 0.25) is 0 Å². The fraction of sp³-hybridized carbons (Fsp3) is 0.429. The number of hydrogen-bond donors (Lipinski definition) is 0. The molecule has 1 heterocycles. The van der Waals surface area contributed by atoms with E-state index >= 15 is 0 Å². The van der Waals surface area contributed by atoms with E-state index in [9.17, 15) is 0 Å². The van der Waals surface area contributed by atoms with E-state index in [1.807, 2.05) is 18.2 Å². The highest BCUT2D eigenvalue weighted by atomic mass is 16.7. The van der Waals surface area contributed by atoms with E-state index in [0.29, 0.717) is 13.2 Å². The summed E-state index contributed by atoms with van der Waals surface area (Å²) in [4.78, 5) is 0. The molecule has 0 bridgehead atoms. The maximum Gasteiger partial charge on any atom is 0.198 e. The summed E-state index contributed by atoms with van der Waals surface area (Å²) in [5.74, 6) is -0.557. The van der Waals surface area contributed by atoms with Crippen molar-refractivity contribution in [1.82, 2.24) is 0 Å². The van der Waals surface area contributed by atoms with E-state index in [-0.39, 0.29) is 0 Å². The Bertz CT molecular complexity index is 358. The molecule has 0 saturated carbocycles. The minimum Gasteiger partial charge on any atom is -0.343 e. The van der Waals surface area contributed by atoms with Crippen molar-refractivity contribution >= 4 is 0 Å². The minimum absolute atomic E-state index is 0.557. The molecular formula is C14H18O2. The molecule has 1 aliphatic heterocycles. The summed E-state index contributed by atoms with van der Waals surface area (Å²) >= 11 is 0. The first-order valence-electron chi connectivity index (χ1n) is 5.70. The van der Waals surface area contributed by atoms with Crippen molar-refractivity contribution in [3.05, 3.63) is 47.5 Å². The van der Waals surface area contributed by atoms with E-state index in [2.05, 4.69) is 32.1 Å². The quantitative estimate of drug-likeness (QED) is 0.725. The molecule has 0 aromatic heterocycles. The Morgan fingerprint density at radius 1 is 1.19 bits per heavy atom. The van der Waals surface area contributed by atoms with Gasteiger partial charge >= 0.3 is 0 Å². The minimum atomic E-state index is -0.557. The van der Waals surface area contributed by atoms with Crippen molar-refractivity contribution in [2.75, 3.05) is 13.2 Å². The number of allylic oxidation sites excluding steroid dienone is 1. The normalized spacial score (nSPS) is 18.4. The molecule has 0 spiro atoms. The van der Waals surface area contributed by atoms with Crippen LogP contribution in [-0.4, -0.2) is 13.2 Å². The number of hydrogen-bond acceptors (Lipinski definition) is 2. The second kappa shape index (κ2) is 4.81. The van der Waals surface area contributed by atoms with Gasteiger partial charge in [0, 0.05) is 12.0 Å².